The predicted octanol–water partition coefficient (Wildman–Crippen LogP) is 1.97. The topological polar surface area (TPSA) is 24.9 Å². The Labute approximate surface area is 73.3 Å². The molecule has 0 unspecified atom stereocenters. The standard InChI is InChI=1S/C10H14N2/c1-4-11-9(3)10-6-5-8(2)12-7-10/h5-7,11H,3-4H2,1-2H3. The lowest BCUT2D eigenvalue weighted by molar-refractivity contribution is 0.940. The second-order valence-corrected chi connectivity index (χ2v) is 2.70. The van der Waals surface area contributed by atoms with Gasteiger partial charge in [-0.3, -0.25) is 4.98 Å². The molecule has 0 bridgehead atoms. The summed E-state index contributed by atoms with van der Waals surface area (Å²) in [6.45, 7) is 8.81. The summed E-state index contributed by atoms with van der Waals surface area (Å²) in [5.41, 5.74) is 3.02. The minimum absolute atomic E-state index is 0.896. The zero-order valence-corrected chi connectivity index (χ0v) is 7.59. The van der Waals surface area contributed by atoms with Gasteiger partial charge in [-0.1, -0.05) is 6.58 Å². The number of nitrogens with zero attached hydrogens (tertiary/aromatic N) is 1. The summed E-state index contributed by atoms with van der Waals surface area (Å²) in [6, 6.07) is 4.01. The van der Waals surface area contributed by atoms with Gasteiger partial charge in [0.2, 0.25) is 0 Å². The van der Waals surface area contributed by atoms with Gasteiger partial charge in [0.15, 0.2) is 0 Å². The summed E-state index contributed by atoms with van der Waals surface area (Å²) < 4.78 is 0. The molecule has 0 atom stereocenters. The van der Waals surface area contributed by atoms with Crippen molar-refractivity contribution < 1.29 is 0 Å². The van der Waals surface area contributed by atoms with Crippen LogP contribution in [-0.4, -0.2) is 11.5 Å². The molecule has 0 aliphatic carbocycles. The quantitative estimate of drug-likeness (QED) is 0.735. The van der Waals surface area contributed by atoms with Crippen molar-refractivity contribution in [2.24, 2.45) is 0 Å². The average molecular weight is 162 g/mol. The molecule has 0 amide bonds. The van der Waals surface area contributed by atoms with Crippen LogP contribution in [0.15, 0.2) is 24.9 Å². The van der Waals surface area contributed by atoms with Crippen LogP contribution in [-0.2, 0) is 0 Å². The third kappa shape index (κ3) is 2.09. The Morgan fingerprint density at radius 2 is 2.33 bits per heavy atom. The highest BCUT2D eigenvalue weighted by Crippen LogP contribution is 2.07. The first-order chi connectivity index (χ1) is 5.74. The zero-order valence-electron chi connectivity index (χ0n) is 7.59. The van der Waals surface area contributed by atoms with Gasteiger partial charge in [0, 0.05) is 29.7 Å². The molecule has 0 radical (unpaired) electrons. The summed E-state index contributed by atoms with van der Waals surface area (Å²) in [6.07, 6.45) is 1.83. The van der Waals surface area contributed by atoms with Gasteiger partial charge in [0.25, 0.3) is 0 Å². The predicted molar refractivity (Wildman–Crippen MR) is 51.7 cm³/mol. The van der Waals surface area contributed by atoms with E-state index in [0.717, 1.165) is 23.5 Å². The van der Waals surface area contributed by atoms with Gasteiger partial charge in [0.1, 0.15) is 0 Å². The fourth-order valence-corrected chi connectivity index (χ4v) is 0.962. The number of pyridine rings is 1. The third-order valence-electron chi connectivity index (χ3n) is 1.65. The summed E-state index contributed by atoms with van der Waals surface area (Å²) in [4.78, 5) is 4.18. The molecule has 0 saturated carbocycles. The Morgan fingerprint density at radius 1 is 1.58 bits per heavy atom. The van der Waals surface area contributed by atoms with Crippen LogP contribution in [0.2, 0.25) is 0 Å². The molecule has 0 aliphatic rings. The smallest absolute Gasteiger partial charge is 0.0373 e. The monoisotopic (exact) mass is 162 g/mol. The molecule has 1 aromatic heterocycles. The molecule has 0 fully saturated rings. The van der Waals surface area contributed by atoms with Crippen LogP contribution in [0.5, 0.6) is 0 Å². The Kier molecular flexibility index (Phi) is 2.86. The van der Waals surface area contributed by atoms with E-state index in [1.807, 2.05) is 32.2 Å². The first kappa shape index (κ1) is 8.78. The molecule has 0 aromatic carbocycles. The molecule has 2 heteroatoms. The average Bonchev–Trinajstić information content (AvgIpc) is 2.06. The van der Waals surface area contributed by atoms with Gasteiger partial charge in [-0.25, -0.2) is 0 Å². The van der Waals surface area contributed by atoms with Gasteiger partial charge in [-0.2, -0.15) is 0 Å². The molecular weight excluding hydrogens is 148 g/mol. The van der Waals surface area contributed by atoms with Crippen LogP contribution in [0.25, 0.3) is 5.70 Å². The number of rotatable bonds is 3. The Bertz CT molecular complexity index is 262. The molecule has 0 saturated heterocycles. The van der Waals surface area contributed by atoms with E-state index in [1.165, 1.54) is 0 Å². The maximum absolute atomic E-state index is 4.18. The lowest BCUT2D eigenvalue weighted by Gasteiger charge is -2.06. The van der Waals surface area contributed by atoms with Crippen molar-refractivity contribution in [1.82, 2.24) is 10.3 Å². The lowest BCUT2D eigenvalue weighted by atomic mass is 10.2. The number of aryl methyl sites for hydroxylation is 1. The summed E-state index contributed by atoms with van der Waals surface area (Å²) in [7, 11) is 0. The summed E-state index contributed by atoms with van der Waals surface area (Å²) in [5.74, 6) is 0. The Hall–Kier alpha value is -1.31. The molecule has 1 N–H and O–H groups in total. The zero-order chi connectivity index (χ0) is 8.97. The van der Waals surface area contributed by atoms with E-state index < -0.39 is 0 Å². The van der Waals surface area contributed by atoms with E-state index in [2.05, 4.69) is 16.9 Å². The fraction of sp³-hybridized carbons (Fsp3) is 0.300. The van der Waals surface area contributed by atoms with Crippen molar-refractivity contribution in [2.45, 2.75) is 13.8 Å². The van der Waals surface area contributed by atoms with Crippen molar-refractivity contribution in [3.63, 3.8) is 0 Å². The molecule has 64 valence electrons. The number of hydrogen-bond donors (Lipinski definition) is 1. The minimum Gasteiger partial charge on any atom is -0.385 e. The number of hydrogen-bond acceptors (Lipinski definition) is 2. The van der Waals surface area contributed by atoms with Crippen molar-refractivity contribution in [3.05, 3.63) is 36.2 Å². The molecular formula is C10H14N2. The second-order valence-electron chi connectivity index (χ2n) is 2.70. The van der Waals surface area contributed by atoms with Crippen LogP contribution < -0.4 is 5.32 Å². The lowest BCUT2D eigenvalue weighted by Crippen LogP contribution is -2.09. The number of aromatic nitrogens is 1. The first-order valence-corrected chi connectivity index (χ1v) is 4.10. The third-order valence-corrected chi connectivity index (χ3v) is 1.65. The van der Waals surface area contributed by atoms with Crippen molar-refractivity contribution in [2.75, 3.05) is 6.54 Å². The maximum Gasteiger partial charge on any atom is 0.0373 e. The first-order valence-electron chi connectivity index (χ1n) is 4.10. The van der Waals surface area contributed by atoms with Crippen LogP contribution in [0, 0.1) is 6.92 Å². The van der Waals surface area contributed by atoms with Crippen molar-refractivity contribution in [1.29, 1.82) is 0 Å². The van der Waals surface area contributed by atoms with Gasteiger partial charge >= 0.3 is 0 Å². The molecule has 12 heavy (non-hydrogen) atoms. The molecule has 1 rings (SSSR count). The van der Waals surface area contributed by atoms with Crippen LogP contribution in [0.4, 0.5) is 0 Å². The fourth-order valence-electron chi connectivity index (χ4n) is 0.962. The van der Waals surface area contributed by atoms with Gasteiger partial charge < -0.3 is 5.32 Å². The molecule has 0 aliphatic heterocycles. The normalized spacial score (nSPS) is 9.50. The maximum atomic E-state index is 4.18. The molecule has 2 nitrogen and oxygen atoms in total. The van der Waals surface area contributed by atoms with Crippen molar-refractivity contribution >= 4 is 5.70 Å². The van der Waals surface area contributed by atoms with E-state index in [9.17, 15) is 0 Å². The Morgan fingerprint density at radius 3 is 2.83 bits per heavy atom. The molecule has 0 spiro atoms. The van der Waals surface area contributed by atoms with Crippen LogP contribution in [0.1, 0.15) is 18.2 Å². The van der Waals surface area contributed by atoms with Gasteiger partial charge in [-0.15, -0.1) is 0 Å². The second kappa shape index (κ2) is 3.90. The largest absolute Gasteiger partial charge is 0.385 e. The minimum atomic E-state index is 0.896. The SMILES string of the molecule is C=C(NCC)c1ccc(C)nc1. The van der Waals surface area contributed by atoms with E-state index in [1.54, 1.807) is 0 Å². The van der Waals surface area contributed by atoms with Crippen LogP contribution >= 0.6 is 0 Å². The van der Waals surface area contributed by atoms with Crippen molar-refractivity contribution in [3.8, 4) is 0 Å². The highest BCUT2D eigenvalue weighted by Gasteiger charge is 1.95. The molecule has 1 heterocycles. The highest BCUT2D eigenvalue weighted by molar-refractivity contribution is 5.60. The summed E-state index contributed by atoms with van der Waals surface area (Å²) in [5, 5.41) is 3.15. The highest BCUT2D eigenvalue weighted by atomic mass is 14.9. The van der Waals surface area contributed by atoms with Gasteiger partial charge in [-0.05, 0) is 26.0 Å². The van der Waals surface area contributed by atoms with Gasteiger partial charge in [0.05, 0.1) is 0 Å². The summed E-state index contributed by atoms with van der Waals surface area (Å²) >= 11 is 0. The van der Waals surface area contributed by atoms with E-state index in [0.29, 0.717) is 0 Å². The van der Waals surface area contributed by atoms with Crippen LogP contribution in [0.3, 0.4) is 0 Å². The molecule has 1 aromatic rings. The van der Waals surface area contributed by atoms with E-state index in [4.69, 9.17) is 0 Å². The number of nitrogens with one attached hydrogen (secondary N) is 1. The van der Waals surface area contributed by atoms with E-state index >= 15 is 0 Å². The Balaban J connectivity index is 2.75. The van der Waals surface area contributed by atoms with E-state index in [-0.39, 0.29) is 0 Å².